The minimum atomic E-state index is -0.263. The molecule has 3 heteroatoms. The summed E-state index contributed by atoms with van der Waals surface area (Å²) in [5.74, 6) is 0.582. The first kappa shape index (κ1) is 12.4. The van der Waals surface area contributed by atoms with Crippen LogP contribution in [0.15, 0.2) is 0 Å². The van der Waals surface area contributed by atoms with Crippen LogP contribution in [0.25, 0.3) is 0 Å². The van der Waals surface area contributed by atoms with E-state index in [1.165, 1.54) is 0 Å². The number of alkyl halides is 1. The van der Waals surface area contributed by atoms with Gasteiger partial charge in [-0.15, -0.1) is 0 Å². The molecule has 2 nitrogen and oxygen atoms in total. The number of rotatable bonds is 7. The van der Waals surface area contributed by atoms with Gasteiger partial charge < -0.3 is 4.90 Å². The van der Waals surface area contributed by atoms with Crippen molar-refractivity contribution in [2.24, 2.45) is 5.92 Å². The van der Waals surface area contributed by atoms with Crippen molar-refractivity contribution in [2.75, 3.05) is 26.3 Å². The van der Waals surface area contributed by atoms with Crippen LogP contribution in [-0.4, -0.2) is 31.2 Å². The van der Waals surface area contributed by atoms with Crippen molar-refractivity contribution in [1.82, 2.24) is 4.90 Å². The molecule has 0 bridgehead atoms. The van der Waals surface area contributed by atoms with E-state index in [4.69, 9.17) is 5.26 Å². The number of hydrogen-bond acceptors (Lipinski definition) is 2. The molecule has 0 aromatic rings. The van der Waals surface area contributed by atoms with Crippen molar-refractivity contribution in [3.8, 4) is 6.07 Å². The summed E-state index contributed by atoms with van der Waals surface area (Å²) in [5.41, 5.74) is 0. The van der Waals surface area contributed by atoms with Crippen LogP contribution < -0.4 is 0 Å². The van der Waals surface area contributed by atoms with Crippen molar-refractivity contribution < 1.29 is 4.39 Å². The number of hydrogen-bond donors (Lipinski definition) is 0. The average Bonchev–Trinajstić information content (AvgIpc) is 2.09. The summed E-state index contributed by atoms with van der Waals surface area (Å²) in [6.07, 6.45) is 1.12. The predicted octanol–water partition coefficient (Wildman–Crippen LogP) is 2.22. The molecular weight excluding hydrogens is 167 g/mol. The van der Waals surface area contributed by atoms with Crippen molar-refractivity contribution in [3.63, 3.8) is 0 Å². The Hall–Kier alpha value is -0.620. The summed E-state index contributed by atoms with van der Waals surface area (Å²) >= 11 is 0. The molecule has 13 heavy (non-hydrogen) atoms. The van der Waals surface area contributed by atoms with Gasteiger partial charge in [0.1, 0.15) is 0 Å². The molecule has 0 rings (SSSR count). The van der Waals surface area contributed by atoms with Crippen molar-refractivity contribution >= 4 is 0 Å². The lowest BCUT2D eigenvalue weighted by Crippen LogP contribution is -2.30. The normalized spacial score (nSPS) is 10.8. The second-order valence-corrected chi connectivity index (χ2v) is 3.65. The van der Waals surface area contributed by atoms with Gasteiger partial charge in [-0.05, 0) is 12.3 Å². The van der Waals surface area contributed by atoms with E-state index in [1.807, 2.05) is 0 Å². The third-order valence-electron chi connectivity index (χ3n) is 1.77. The summed E-state index contributed by atoms with van der Waals surface area (Å²) in [6.45, 7) is 6.51. The van der Waals surface area contributed by atoms with Gasteiger partial charge in [-0.2, -0.15) is 5.26 Å². The van der Waals surface area contributed by atoms with Crippen LogP contribution in [-0.2, 0) is 0 Å². The van der Waals surface area contributed by atoms with Gasteiger partial charge in [0.15, 0.2) is 0 Å². The van der Waals surface area contributed by atoms with Crippen LogP contribution in [0.1, 0.15) is 26.7 Å². The molecule has 0 atom stereocenters. The molecule has 0 unspecified atom stereocenters. The minimum Gasteiger partial charge on any atom is -0.302 e. The number of nitrogens with zero attached hydrogens (tertiary/aromatic N) is 2. The fourth-order valence-electron chi connectivity index (χ4n) is 1.30. The number of nitriles is 1. The van der Waals surface area contributed by atoms with E-state index in [0.717, 1.165) is 19.6 Å². The largest absolute Gasteiger partial charge is 0.302 e. The summed E-state index contributed by atoms with van der Waals surface area (Å²) in [4.78, 5) is 2.16. The first-order valence-electron chi connectivity index (χ1n) is 4.86. The van der Waals surface area contributed by atoms with E-state index >= 15 is 0 Å². The van der Waals surface area contributed by atoms with Crippen LogP contribution >= 0.6 is 0 Å². The summed E-state index contributed by atoms with van der Waals surface area (Å²) in [5, 5.41) is 8.42. The smallest absolute Gasteiger partial charge is 0.0906 e. The molecule has 0 amide bonds. The second-order valence-electron chi connectivity index (χ2n) is 3.65. The quantitative estimate of drug-likeness (QED) is 0.609. The molecule has 0 spiro atoms. The van der Waals surface area contributed by atoms with Gasteiger partial charge >= 0.3 is 0 Å². The average molecular weight is 186 g/mol. The Kier molecular flexibility index (Phi) is 7.62. The molecule has 0 aliphatic heterocycles. The van der Waals surface area contributed by atoms with Crippen LogP contribution in [0, 0.1) is 17.2 Å². The highest BCUT2D eigenvalue weighted by molar-refractivity contribution is 4.72. The molecule has 0 N–H and O–H groups in total. The molecule has 0 aliphatic carbocycles. The van der Waals surface area contributed by atoms with Gasteiger partial charge in [-0.25, -0.2) is 0 Å². The third-order valence-corrected chi connectivity index (χ3v) is 1.77. The molecule has 0 saturated carbocycles. The molecule has 0 aromatic carbocycles. The standard InChI is InChI=1S/C10H19FN2/c1-10(2)9-13(7-3-5-11)8-4-6-12/h10H,3-5,7-9H2,1-2H3. The molecular formula is C10H19FN2. The van der Waals surface area contributed by atoms with Crippen LogP contribution in [0.5, 0.6) is 0 Å². The van der Waals surface area contributed by atoms with E-state index in [1.54, 1.807) is 0 Å². The van der Waals surface area contributed by atoms with Crippen molar-refractivity contribution in [3.05, 3.63) is 0 Å². The Bertz CT molecular complexity index is 151. The molecule has 0 fully saturated rings. The first-order valence-corrected chi connectivity index (χ1v) is 4.86. The van der Waals surface area contributed by atoms with Gasteiger partial charge in [-0.1, -0.05) is 13.8 Å². The lowest BCUT2D eigenvalue weighted by Gasteiger charge is -2.22. The molecule has 0 aromatic heterocycles. The second kappa shape index (κ2) is 8.00. The maximum Gasteiger partial charge on any atom is 0.0906 e. The highest BCUT2D eigenvalue weighted by atomic mass is 19.1. The molecule has 0 heterocycles. The van der Waals surface area contributed by atoms with Gasteiger partial charge in [0.2, 0.25) is 0 Å². The maximum atomic E-state index is 11.9. The van der Waals surface area contributed by atoms with Gasteiger partial charge in [0.05, 0.1) is 12.7 Å². The topological polar surface area (TPSA) is 27.0 Å². The van der Waals surface area contributed by atoms with Crippen LogP contribution in [0.4, 0.5) is 4.39 Å². The fourth-order valence-corrected chi connectivity index (χ4v) is 1.30. The zero-order valence-electron chi connectivity index (χ0n) is 8.59. The van der Waals surface area contributed by atoms with E-state index in [2.05, 4.69) is 24.8 Å². The SMILES string of the molecule is CC(C)CN(CCC#N)CCCF. The highest BCUT2D eigenvalue weighted by Gasteiger charge is 2.05. The summed E-state index contributed by atoms with van der Waals surface area (Å²) in [7, 11) is 0. The Balaban J connectivity index is 3.67. The van der Waals surface area contributed by atoms with E-state index < -0.39 is 0 Å². The molecule has 76 valence electrons. The Morgan fingerprint density at radius 2 is 2.08 bits per heavy atom. The lowest BCUT2D eigenvalue weighted by atomic mass is 10.2. The zero-order valence-corrected chi connectivity index (χ0v) is 8.59. The van der Waals surface area contributed by atoms with Crippen molar-refractivity contribution in [2.45, 2.75) is 26.7 Å². The Morgan fingerprint density at radius 1 is 1.38 bits per heavy atom. The number of halogens is 1. The van der Waals surface area contributed by atoms with E-state index in [0.29, 0.717) is 18.8 Å². The minimum absolute atomic E-state index is 0.263. The van der Waals surface area contributed by atoms with Gasteiger partial charge in [-0.3, -0.25) is 4.39 Å². The molecule has 0 aliphatic rings. The summed E-state index contributed by atoms with van der Waals surface area (Å²) < 4.78 is 11.9. The van der Waals surface area contributed by atoms with Crippen LogP contribution in [0.2, 0.25) is 0 Å². The monoisotopic (exact) mass is 186 g/mol. The zero-order chi connectivity index (χ0) is 10.1. The lowest BCUT2D eigenvalue weighted by molar-refractivity contribution is 0.237. The van der Waals surface area contributed by atoms with Gasteiger partial charge in [0.25, 0.3) is 0 Å². The van der Waals surface area contributed by atoms with Crippen molar-refractivity contribution in [1.29, 1.82) is 5.26 Å². The summed E-state index contributed by atoms with van der Waals surface area (Å²) in [6, 6.07) is 2.11. The maximum absolute atomic E-state index is 11.9. The van der Waals surface area contributed by atoms with Gasteiger partial charge in [0, 0.05) is 26.1 Å². The molecule has 0 radical (unpaired) electrons. The highest BCUT2D eigenvalue weighted by Crippen LogP contribution is 2.01. The Labute approximate surface area is 80.3 Å². The first-order chi connectivity index (χ1) is 6.20. The van der Waals surface area contributed by atoms with E-state index in [9.17, 15) is 4.39 Å². The van der Waals surface area contributed by atoms with Crippen LogP contribution in [0.3, 0.4) is 0 Å². The van der Waals surface area contributed by atoms with E-state index in [-0.39, 0.29) is 6.67 Å². The molecule has 0 saturated heterocycles. The Morgan fingerprint density at radius 3 is 2.54 bits per heavy atom. The predicted molar refractivity (Wildman–Crippen MR) is 52.1 cm³/mol. The fraction of sp³-hybridized carbons (Fsp3) is 0.900. The third kappa shape index (κ3) is 7.73.